The summed E-state index contributed by atoms with van der Waals surface area (Å²) in [6, 6.07) is 0. The van der Waals surface area contributed by atoms with Crippen molar-refractivity contribution in [2.45, 2.75) is 12.8 Å². The second-order valence-electron chi connectivity index (χ2n) is 2.17. The Balaban J connectivity index is 0.000000490. The molecule has 1 rings (SSSR count). The topological polar surface area (TPSA) is 3.24 Å². The Bertz CT molecular complexity index is 50.5. The van der Waals surface area contributed by atoms with E-state index in [0.717, 1.165) is 0 Å². The molecule has 2 heteroatoms. The molecule has 1 aliphatic heterocycles. The van der Waals surface area contributed by atoms with E-state index in [2.05, 4.69) is 18.4 Å². The minimum atomic E-state index is 0. The first-order valence-electron chi connectivity index (χ1n) is 2.90. The van der Waals surface area contributed by atoms with Crippen LogP contribution in [0.25, 0.3) is 0 Å². The van der Waals surface area contributed by atoms with E-state index in [1.54, 1.807) is 0 Å². The molecule has 0 saturated carbocycles. The molecule has 1 fully saturated rings. The van der Waals surface area contributed by atoms with Crippen LogP contribution in [0.15, 0.2) is 0 Å². The summed E-state index contributed by atoms with van der Waals surface area (Å²) in [4.78, 5) is 2.36. The monoisotopic (exact) mass is 239 g/mol. The largest absolute Gasteiger partial charge is 0.326 e. The first-order valence-corrected chi connectivity index (χ1v) is 2.90. The summed E-state index contributed by atoms with van der Waals surface area (Å²) < 4.78 is 0. The van der Waals surface area contributed by atoms with Crippen molar-refractivity contribution in [1.29, 1.82) is 0 Å². The summed E-state index contributed by atoms with van der Waals surface area (Å²) >= 11 is 0. The fourth-order valence-electron chi connectivity index (χ4n) is 0.879. The van der Waals surface area contributed by atoms with Crippen molar-refractivity contribution in [3.05, 3.63) is 6.42 Å². The van der Waals surface area contributed by atoms with E-state index < -0.39 is 0 Å². The SMILES string of the molecule is CN1CC[CH-]CC1.[Pr]. The summed E-state index contributed by atoms with van der Waals surface area (Å²) in [6.45, 7) is 2.53. The van der Waals surface area contributed by atoms with Crippen LogP contribution in [0.3, 0.4) is 0 Å². The molecule has 0 aromatic carbocycles. The van der Waals surface area contributed by atoms with Gasteiger partial charge in [-0.1, -0.05) is 0 Å². The number of rotatable bonds is 0. The molecule has 0 aliphatic carbocycles. The quantitative estimate of drug-likeness (QED) is 0.568. The van der Waals surface area contributed by atoms with E-state index >= 15 is 0 Å². The molecule has 0 atom stereocenters. The van der Waals surface area contributed by atoms with Gasteiger partial charge in [-0.3, -0.25) is 0 Å². The zero-order valence-corrected chi connectivity index (χ0v) is 9.13. The zero-order chi connectivity index (χ0) is 5.11. The first kappa shape index (κ1) is 9.32. The summed E-state index contributed by atoms with van der Waals surface area (Å²) in [5.41, 5.74) is 0. The Morgan fingerprint density at radius 3 is 2.00 bits per heavy atom. The second kappa shape index (κ2) is 5.14. The van der Waals surface area contributed by atoms with Gasteiger partial charge in [-0.2, -0.15) is 12.8 Å². The smallest absolute Gasteiger partial charge is 0 e. The molecule has 1 saturated heterocycles. The van der Waals surface area contributed by atoms with Crippen molar-refractivity contribution >= 4 is 0 Å². The molecule has 0 unspecified atom stereocenters. The van der Waals surface area contributed by atoms with Gasteiger partial charge in [-0.05, 0) is 20.1 Å². The minimum Gasteiger partial charge on any atom is -0.326 e. The minimum absolute atomic E-state index is 0. The summed E-state index contributed by atoms with van der Waals surface area (Å²) in [6.07, 6.45) is 4.94. The van der Waals surface area contributed by atoms with Gasteiger partial charge in [0.05, 0.1) is 0 Å². The van der Waals surface area contributed by atoms with E-state index in [1.165, 1.54) is 25.9 Å². The van der Waals surface area contributed by atoms with Crippen LogP contribution in [-0.4, -0.2) is 25.0 Å². The number of hydrogen-bond acceptors (Lipinski definition) is 1. The van der Waals surface area contributed by atoms with E-state index in [-0.39, 0.29) is 41.3 Å². The Hall–Kier alpha value is 1.32. The van der Waals surface area contributed by atoms with E-state index in [9.17, 15) is 0 Å². The number of piperidine rings is 1. The van der Waals surface area contributed by atoms with Crippen LogP contribution in [0, 0.1) is 47.7 Å². The van der Waals surface area contributed by atoms with Crippen LogP contribution < -0.4 is 0 Å². The maximum atomic E-state index is 2.36. The van der Waals surface area contributed by atoms with Gasteiger partial charge in [0.2, 0.25) is 0 Å². The van der Waals surface area contributed by atoms with Gasteiger partial charge in [0.15, 0.2) is 0 Å². The van der Waals surface area contributed by atoms with Gasteiger partial charge >= 0.3 is 0 Å². The third-order valence-corrected chi connectivity index (χ3v) is 1.43. The van der Waals surface area contributed by atoms with Gasteiger partial charge in [-0.25, -0.2) is 0 Å². The Morgan fingerprint density at radius 2 is 1.75 bits per heavy atom. The van der Waals surface area contributed by atoms with Gasteiger partial charge in [-0.15, -0.1) is 0 Å². The molecule has 1 nitrogen and oxygen atoms in total. The summed E-state index contributed by atoms with van der Waals surface area (Å²) in [7, 11) is 2.17. The van der Waals surface area contributed by atoms with Crippen molar-refractivity contribution in [1.82, 2.24) is 4.90 Å². The van der Waals surface area contributed by atoms with Gasteiger partial charge in [0, 0.05) is 41.3 Å². The average molecular weight is 239 g/mol. The van der Waals surface area contributed by atoms with E-state index in [4.69, 9.17) is 0 Å². The third-order valence-electron chi connectivity index (χ3n) is 1.43. The van der Waals surface area contributed by atoms with E-state index in [1.807, 2.05) is 0 Å². The first-order chi connectivity index (χ1) is 3.39. The molecule has 0 spiro atoms. The molecule has 1 heterocycles. The van der Waals surface area contributed by atoms with Crippen molar-refractivity contribution in [2.75, 3.05) is 20.1 Å². The van der Waals surface area contributed by atoms with E-state index in [0.29, 0.717) is 0 Å². The third kappa shape index (κ3) is 3.37. The molecule has 0 amide bonds. The number of nitrogens with zero attached hydrogens (tertiary/aromatic N) is 1. The van der Waals surface area contributed by atoms with Gasteiger partial charge < -0.3 is 11.3 Å². The summed E-state index contributed by atoms with van der Waals surface area (Å²) in [5.74, 6) is 0. The van der Waals surface area contributed by atoms with Crippen LogP contribution in [0.1, 0.15) is 12.8 Å². The fraction of sp³-hybridized carbons (Fsp3) is 0.833. The average Bonchev–Trinajstić information content (AvgIpc) is 1.69. The maximum absolute atomic E-state index is 2.36. The molecule has 0 aromatic heterocycles. The van der Waals surface area contributed by atoms with Gasteiger partial charge in [0.1, 0.15) is 0 Å². The fourth-order valence-corrected chi connectivity index (χ4v) is 0.879. The maximum Gasteiger partial charge on any atom is 0 e. The van der Waals surface area contributed by atoms with Crippen LogP contribution in [0.2, 0.25) is 0 Å². The van der Waals surface area contributed by atoms with Crippen molar-refractivity contribution < 1.29 is 41.3 Å². The Morgan fingerprint density at radius 1 is 1.25 bits per heavy atom. The molecule has 45 valence electrons. The molecule has 0 N–H and O–H groups in total. The van der Waals surface area contributed by atoms with Crippen molar-refractivity contribution in [2.24, 2.45) is 0 Å². The molecule has 0 bridgehead atoms. The second-order valence-corrected chi connectivity index (χ2v) is 2.17. The Labute approximate surface area is 84.8 Å². The van der Waals surface area contributed by atoms with Gasteiger partial charge in [0.25, 0.3) is 0 Å². The van der Waals surface area contributed by atoms with Crippen LogP contribution >= 0.6 is 0 Å². The standard InChI is InChI=1S/C6H12N.Pr/c1-7-5-3-2-4-6-7;/h2H,3-6H2,1H3;/q-1;. The molecule has 1 radical (unpaired) electrons. The number of hydrogen-bond donors (Lipinski definition) is 0. The molecular formula is C6H12NPr-. The molecular weight excluding hydrogens is 227 g/mol. The van der Waals surface area contributed by atoms with Crippen LogP contribution in [-0.2, 0) is 0 Å². The number of likely N-dealkylation sites (tertiary alicyclic amines) is 1. The molecule has 1 aliphatic rings. The predicted molar refractivity (Wildman–Crippen MR) is 31.0 cm³/mol. The Kier molecular flexibility index (Phi) is 5.99. The zero-order valence-electron chi connectivity index (χ0n) is 5.43. The van der Waals surface area contributed by atoms with Crippen molar-refractivity contribution in [3.8, 4) is 0 Å². The normalized spacial score (nSPS) is 22.1. The van der Waals surface area contributed by atoms with Crippen LogP contribution in [0.4, 0.5) is 0 Å². The summed E-state index contributed by atoms with van der Waals surface area (Å²) in [5, 5.41) is 0. The van der Waals surface area contributed by atoms with Crippen LogP contribution in [0.5, 0.6) is 0 Å². The van der Waals surface area contributed by atoms with Crippen molar-refractivity contribution in [3.63, 3.8) is 0 Å². The molecule has 8 heavy (non-hydrogen) atoms. The predicted octanol–water partition coefficient (Wildman–Crippen LogP) is 0.916. The molecule has 0 aromatic rings.